The number of pyridine rings is 1. The van der Waals surface area contributed by atoms with Crippen LogP contribution in [0, 0.1) is 22.5 Å². The zero-order valence-corrected chi connectivity index (χ0v) is 37.1. The van der Waals surface area contributed by atoms with Gasteiger partial charge in [0.05, 0.1) is 27.6 Å². The van der Waals surface area contributed by atoms with Gasteiger partial charge in [0, 0.05) is 93.4 Å². The van der Waals surface area contributed by atoms with Crippen molar-refractivity contribution in [3.8, 4) is 17.2 Å². The summed E-state index contributed by atoms with van der Waals surface area (Å²) < 4.78 is 42.3. The van der Waals surface area contributed by atoms with Crippen molar-refractivity contribution in [1.82, 2.24) is 29.4 Å². The first-order valence-corrected chi connectivity index (χ1v) is 23.9. The third kappa shape index (κ3) is 8.37. The Kier molecular flexibility index (Phi) is 11.2. The molecule has 1 saturated carbocycles. The van der Waals surface area contributed by atoms with Crippen molar-refractivity contribution in [3.63, 3.8) is 0 Å². The Bertz CT molecular complexity index is 2690. The Hall–Kier alpha value is -5.75. The minimum absolute atomic E-state index is 0.0252. The van der Waals surface area contributed by atoms with E-state index < -0.39 is 31.4 Å². The van der Waals surface area contributed by atoms with Gasteiger partial charge in [0.25, 0.3) is 21.6 Å². The van der Waals surface area contributed by atoms with Gasteiger partial charge in [0.15, 0.2) is 11.4 Å². The van der Waals surface area contributed by atoms with Crippen molar-refractivity contribution in [2.45, 2.75) is 68.5 Å². The largest absolute Gasteiger partial charge is 0.489 e. The summed E-state index contributed by atoms with van der Waals surface area (Å²) in [5, 5.41) is 16.4. The van der Waals surface area contributed by atoms with Crippen LogP contribution in [0.2, 0.25) is 0 Å². The number of carbonyl (C=O) groups is 1. The number of nitrogens with one attached hydrogen (secondary N) is 3. The molecule has 4 aliphatic heterocycles. The van der Waals surface area contributed by atoms with Gasteiger partial charge < -0.3 is 29.6 Å². The molecule has 4 fully saturated rings. The van der Waals surface area contributed by atoms with Crippen molar-refractivity contribution >= 4 is 44.0 Å². The number of H-pyrrole nitrogens is 1. The molecule has 16 nitrogen and oxygen atoms in total. The number of benzene rings is 3. The van der Waals surface area contributed by atoms with Gasteiger partial charge in [0.1, 0.15) is 23.8 Å². The summed E-state index contributed by atoms with van der Waals surface area (Å²) in [6.07, 6.45) is 10.3. The minimum Gasteiger partial charge on any atom is -0.489 e. The lowest BCUT2D eigenvalue weighted by molar-refractivity contribution is -0.384. The van der Waals surface area contributed by atoms with E-state index in [0.717, 1.165) is 75.8 Å². The van der Waals surface area contributed by atoms with Crippen molar-refractivity contribution in [3.05, 3.63) is 106 Å². The normalized spacial score (nSPS) is 21.8. The number of sulfonamides is 1. The monoisotopic (exact) mass is 889 g/mol. The van der Waals surface area contributed by atoms with E-state index in [1.165, 1.54) is 42.9 Å². The molecule has 3 aromatic carbocycles. The molecule has 0 unspecified atom stereocenters. The van der Waals surface area contributed by atoms with E-state index in [4.69, 9.17) is 9.47 Å². The standard InChI is InChI=1S/C47H55N9O7S/c1-31-6-3-4-7-38(31)40-8-5-15-55(40)35-26-47(27-35)12-16-54(17-13-47)34-9-10-39(42(23-34)63-36-22-32-11-14-48-45(32)49-28-36)46(57)51-64(60,61)37-24-41(56(58)59)44-43(25-37)62-30-33(50-44)29-53-20-18-52(2)19-21-53/h3-4,6-7,9-11,14,22-25,28,33,35,40,50H,5,8,12-13,15-21,26-27,29-30H2,1-2H3,(H,48,49)(H,51,57)/t33-,40-/m0/s1. The number of fused-ring (bicyclic) bond motifs is 2. The first-order chi connectivity index (χ1) is 30.9. The Morgan fingerprint density at radius 3 is 2.59 bits per heavy atom. The number of aryl methyl sites for hydroxylation is 1. The topological polar surface area (TPSA) is 179 Å². The maximum Gasteiger partial charge on any atom is 0.297 e. The van der Waals surface area contributed by atoms with Crippen LogP contribution in [0.4, 0.5) is 17.1 Å². The number of nitrogens with zero attached hydrogens (tertiary/aromatic N) is 6. The van der Waals surface area contributed by atoms with Crippen LogP contribution < -0.4 is 24.4 Å². The molecule has 64 heavy (non-hydrogen) atoms. The summed E-state index contributed by atoms with van der Waals surface area (Å²) in [6, 6.07) is 20.7. The van der Waals surface area contributed by atoms with E-state index >= 15 is 0 Å². The van der Waals surface area contributed by atoms with Gasteiger partial charge >= 0.3 is 0 Å². The Morgan fingerprint density at radius 2 is 1.81 bits per heavy atom. The van der Waals surface area contributed by atoms with Crippen LogP contribution in [0.5, 0.6) is 17.2 Å². The van der Waals surface area contributed by atoms with E-state index in [9.17, 15) is 23.3 Å². The van der Waals surface area contributed by atoms with E-state index in [-0.39, 0.29) is 35.4 Å². The molecule has 5 aliphatic rings. The zero-order valence-electron chi connectivity index (χ0n) is 36.3. The van der Waals surface area contributed by atoms with Crippen LogP contribution in [0.25, 0.3) is 11.0 Å². The second-order valence-electron chi connectivity index (χ2n) is 18.4. The molecule has 1 amide bonds. The molecule has 2 atom stereocenters. The summed E-state index contributed by atoms with van der Waals surface area (Å²) in [6.45, 7) is 9.44. The van der Waals surface area contributed by atoms with Gasteiger partial charge in [-0.3, -0.25) is 24.7 Å². The Balaban J connectivity index is 0.853. The number of amides is 1. The molecule has 0 bridgehead atoms. The SMILES string of the molecule is Cc1ccccc1[C@@H]1CCCN1C1CC2(CCN(c3ccc(C(=O)NS(=O)(=O)c4cc5c(c([N+](=O)[O-])c4)N[C@@H](CN4CCN(C)CC4)CO5)c(Oc4cnc5[nH]ccc5c4)c3)CC2)C1. The maximum absolute atomic E-state index is 14.1. The van der Waals surface area contributed by atoms with Gasteiger partial charge in [-0.05, 0) is 99.8 Å². The van der Waals surface area contributed by atoms with Gasteiger partial charge in [-0.15, -0.1) is 0 Å². The van der Waals surface area contributed by atoms with Crippen molar-refractivity contribution in [2.75, 3.05) is 76.2 Å². The minimum atomic E-state index is -4.63. The molecule has 336 valence electrons. The zero-order chi connectivity index (χ0) is 44.2. The second kappa shape index (κ2) is 17.0. The van der Waals surface area contributed by atoms with Gasteiger partial charge in [-0.25, -0.2) is 18.1 Å². The summed E-state index contributed by atoms with van der Waals surface area (Å²) >= 11 is 0. The number of aromatic amines is 1. The van der Waals surface area contributed by atoms with E-state index in [0.29, 0.717) is 35.4 Å². The quantitative estimate of drug-likeness (QED) is 0.0944. The fourth-order valence-electron chi connectivity index (χ4n) is 10.7. The van der Waals surface area contributed by atoms with E-state index in [2.05, 4.69) is 77.8 Å². The number of ether oxygens (including phenoxy) is 2. The molecule has 10 rings (SSSR count). The Morgan fingerprint density at radius 1 is 1.02 bits per heavy atom. The number of piperazine rings is 1. The smallest absolute Gasteiger partial charge is 0.297 e. The van der Waals surface area contributed by atoms with Gasteiger partial charge in [-0.2, -0.15) is 0 Å². The number of nitro benzene ring substituents is 1. The van der Waals surface area contributed by atoms with Gasteiger partial charge in [0.2, 0.25) is 0 Å². The molecule has 17 heteroatoms. The highest BCUT2D eigenvalue weighted by molar-refractivity contribution is 7.90. The number of rotatable bonds is 11. The third-order valence-corrected chi connectivity index (χ3v) is 15.6. The van der Waals surface area contributed by atoms with E-state index in [1.54, 1.807) is 30.6 Å². The van der Waals surface area contributed by atoms with Crippen LogP contribution in [0.1, 0.15) is 66.1 Å². The lowest BCUT2D eigenvalue weighted by Gasteiger charge is -2.56. The number of carbonyl (C=O) groups excluding carboxylic acids is 1. The molecular weight excluding hydrogens is 835 g/mol. The van der Waals surface area contributed by atoms with Crippen LogP contribution in [0.3, 0.4) is 0 Å². The first kappa shape index (κ1) is 42.2. The van der Waals surface area contributed by atoms with Crippen LogP contribution >= 0.6 is 0 Å². The number of hydrogen-bond donors (Lipinski definition) is 3. The van der Waals surface area contributed by atoms with E-state index in [1.807, 2.05) is 12.1 Å². The lowest BCUT2D eigenvalue weighted by atomic mass is 9.59. The van der Waals surface area contributed by atoms with Crippen LogP contribution in [-0.2, 0) is 10.0 Å². The number of piperidine rings is 1. The summed E-state index contributed by atoms with van der Waals surface area (Å²) in [5.74, 6) is -0.405. The molecule has 0 radical (unpaired) electrons. The summed E-state index contributed by atoms with van der Waals surface area (Å²) in [4.78, 5) is 42.4. The predicted octanol–water partition coefficient (Wildman–Crippen LogP) is 6.70. The Labute approximate surface area is 373 Å². The third-order valence-electron chi connectivity index (χ3n) is 14.3. The number of nitro groups is 1. The van der Waals surface area contributed by atoms with Crippen LogP contribution in [-0.4, -0.2) is 122 Å². The highest BCUT2D eigenvalue weighted by Gasteiger charge is 2.50. The molecular formula is C47H55N9O7S. The molecule has 3 N–H and O–H groups in total. The molecule has 1 aliphatic carbocycles. The highest BCUT2D eigenvalue weighted by atomic mass is 32.2. The number of likely N-dealkylation sites (tertiary alicyclic amines) is 1. The molecule has 6 heterocycles. The molecule has 5 aromatic rings. The molecule has 1 spiro atoms. The van der Waals surface area contributed by atoms with Gasteiger partial charge in [-0.1, -0.05) is 24.3 Å². The first-order valence-electron chi connectivity index (χ1n) is 22.4. The number of likely N-dealkylation sites (N-methyl/N-ethyl adjacent to an activating group) is 1. The highest BCUT2D eigenvalue weighted by Crippen LogP contribution is 2.54. The van der Waals surface area contributed by atoms with Crippen molar-refractivity contribution in [2.24, 2.45) is 5.41 Å². The van der Waals surface area contributed by atoms with Crippen molar-refractivity contribution in [1.29, 1.82) is 0 Å². The average molecular weight is 890 g/mol. The number of aromatic nitrogens is 2. The predicted molar refractivity (Wildman–Crippen MR) is 244 cm³/mol. The summed E-state index contributed by atoms with van der Waals surface area (Å²) in [7, 11) is -2.56. The lowest BCUT2D eigenvalue weighted by Crippen LogP contribution is -2.54. The average Bonchev–Trinajstić information content (AvgIpc) is 3.96. The van der Waals surface area contributed by atoms with Crippen LogP contribution in [0.15, 0.2) is 84.0 Å². The number of anilines is 2. The molecule has 3 saturated heterocycles. The number of hydrogen-bond acceptors (Lipinski definition) is 13. The fraction of sp³-hybridized carbons (Fsp3) is 0.447. The van der Waals surface area contributed by atoms with Crippen molar-refractivity contribution < 1.29 is 27.6 Å². The maximum atomic E-state index is 14.1. The molecule has 2 aromatic heterocycles. The summed E-state index contributed by atoms with van der Waals surface area (Å²) in [5.41, 5.74) is 4.30. The fourth-order valence-corrected chi connectivity index (χ4v) is 11.7. The second-order valence-corrected chi connectivity index (χ2v) is 20.1.